The Labute approximate surface area is 166 Å². The van der Waals surface area contributed by atoms with Crippen molar-refractivity contribution in [3.05, 3.63) is 57.9 Å². The summed E-state index contributed by atoms with van der Waals surface area (Å²) in [5.41, 5.74) is 6.63. The molecule has 0 unspecified atom stereocenters. The molecule has 1 aliphatic rings. The molecular formula is C23H27N3O2. The van der Waals surface area contributed by atoms with Crippen molar-refractivity contribution < 1.29 is 9.53 Å². The van der Waals surface area contributed by atoms with Gasteiger partial charge >= 0.3 is 0 Å². The molecular weight excluding hydrogens is 350 g/mol. The number of ether oxygens (including phenoxy) is 1. The molecule has 146 valence electrons. The van der Waals surface area contributed by atoms with E-state index in [-0.39, 0.29) is 17.6 Å². The van der Waals surface area contributed by atoms with Crippen LogP contribution in [0.15, 0.2) is 29.8 Å². The summed E-state index contributed by atoms with van der Waals surface area (Å²) in [6, 6.07) is 10.3. The Kier molecular flexibility index (Phi) is 6.01. The SMILES string of the molecule is Cc1cccc(-n2c(C)cc(/C=C(\C#N)C(=O)NC[C@@H]3CCCO3)c2C)c1C. The molecule has 1 aromatic heterocycles. The number of nitrogens with zero attached hydrogens (tertiary/aromatic N) is 2. The number of carbonyl (C=O) groups excluding carboxylic acids is 1. The largest absolute Gasteiger partial charge is 0.376 e. The first-order valence-corrected chi connectivity index (χ1v) is 9.69. The normalized spacial score (nSPS) is 16.8. The van der Waals surface area contributed by atoms with Crippen molar-refractivity contribution in [3.63, 3.8) is 0 Å². The van der Waals surface area contributed by atoms with Crippen LogP contribution in [0.2, 0.25) is 0 Å². The lowest BCUT2D eigenvalue weighted by Gasteiger charge is -2.14. The van der Waals surface area contributed by atoms with Crippen molar-refractivity contribution in [2.75, 3.05) is 13.2 Å². The average Bonchev–Trinajstić information content (AvgIpc) is 3.28. The van der Waals surface area contributed by atoms with E-state index in [4.69, 9.17) is 4.74 Å². The minimum atomic E-state index is -0.352. The van der Waals surface area contributed by atoms with E-state index in [1.54, 1.807) is 6.08 Å². The minimum Gasteiger partial charge on any atom is -0.376 e. The zero-order valence-electron chi connectivity index (χ0n) is 17.0. The zero-order valence-corrected chi connectivity index (χ0v) is 17.0. The molecule has 1 atom stereocenters. The highest BCUT2D eigenvalue weighted by Crippen LogP contribution is 2.26. The van der Waals surface area contributed by atoms with E-state index in [1.165, 1.54) is 11.1 Å². The van der Waals surface area contributed by atoms with Crippen molar-refractivity contribution in [2.24, 2.45) is 0 Å². The molecule has 3 rings (SSSR count). The molecule has 0 saturated carbocycles. The molecule has 2 aromatic rings. The lowest BCUT2D eigenvalue weighted by Crippen LogP contribution is -2.32. The predicted octanol–water partition coefficient (Wildman–Crippen LogP) is 3.91. The summed E-state index contributed by atoms with van der Waals surface area (Å²) in [5, 5.41) is 12.3. The maximum atomic E-state index is 12.4. The van der Waals surface area contributed by atoms with Gasteiger partial charge in [0.1, 0.15) is 11.6 Å². The fourth-order valence-corrected chi connectivity index (χ4v) is 3.69. The smallest absolute Gasteiger partial charge is 0.262 e. The summed E-state index contributed by atoms with van der Waals surface area (Å²) in [4.78, 5) is 12.4. The van der Waals surface area contributed by atoms with Crippen LogP contribution in [-0.2, 0) is 9.53 Å². The van der Waals surface area contributed by atoms with Gasteiger partial charge in [0.15, 0.2) is 0 Å². The third-order valence-electron chi connectivity index (χ3n) is 5.47. The molecule has 0 aliphatic carbocycles. The van der Waals surface area contributed by atoms with E-state index in [0.29, 0.717) is 6.54 Å². The Morgan fingerprint density at radius 1 is 1.36 bits per heavy atom. The van der Waals surface area contributed by atoms with Crippen molar-refractivity contribution in [2.45, 2.75) is 46.6 Å². The van der Waals surface area contributed by atoms with E-state index >= 15 is 0 Å². The van der Waals surface area contributed by atoms with Crippen LogP contribution < -0.4 is 5.32 Å². The Bertz CT molecular complexity index is 957. The highest BCUT2D eigenvalue weighted by molar-refractivity contribution is 6.01. The maximum absolute atomic E-state index is 12.4. The average molecular weight is 377 g/mol. The second kappa shape index (κ2) is 8.45. The molecule has 1 fully saturated rings. The highest BCUT2D eigenvalue weighted by atomic mass is 16.5. The van der Waals surface area contributed by atoms with Gasteiger partial charge in [0.25, 0.3) is 5.91 Å². The molecule has 0 bridgehead atoms. The topological polar surface area (TPSA) is 67.0 Å². The van der Waals surface area contributed by atoms with Gasteiger partial charge in [-0.1, -0.05) is 12.1 Å². The van der Waals surface area contributed by atoms with Gasteiger partial charge in [-0.2, -0.15) is 5.26 Å². The van der Waals surface area contributed by atoms with Crippen LogP contribution in [0.1, 0.15) is 40.9 Å². The van der Waals surface area contributed by atoms with Crippen molar-refractivity contribution in [3.8, 4) is 11.8 Å². The van der Waals surface area contributed by atoms with Crippen LogP contribution in [0.3, 0.4) is 0 Å². The fraction of sp³-hybridized carbons (Fsp3) is 0.391. The first-order valence-electron chi connectivity index (χ1n) is 9.69. The number of aryl methyl sites for hydroxylation is 2. The number of amides is 1. The van der Waals surface area contributed by atoms with Crippen molar-refractivity contribution >= 4 is 12.0 Å². The van der Waals surface area contributed by atoms with Crippen LogP contribution in [0.25, 0.3) is 11.8 Å². The first kappa shape index (κ1) is 19.9. The molecule has 1 N–H and O–H groups in total. The molecule has 2 heterocycles. The third kappa shape index (κ3) is 4.02. The number of hydrogen-bond donors (Lipinski definition) is 1. The van der Waals surface area contributed by atoms with Crippen LogP contribution in [-0.4, -0.2) is 29.7 Å². The van der Waals surface area contributed by atoms with E-state index in [1.807, 2.05) is 32.0 Å². The summed E-state index contributed by atoms with van der Waals surface area (Å²) >= 11 is 0. The van der Waals surface area contributed by atoms with Gasteiger partial charge in [-0.05, 0) is 75.4 Å². The number of benzene rings is 1. The summed E-state index contributed by atoms with van der Waals surface area (Å²) in [6.45, 7) is 9.44. The molecule has 1 aliphatic heterocycles. The summed E-state index contributed by atoms with van der Waals surface area (Å²) in [5.74, 6) is -0.352. The lowest BCUT2D eigenvalue weighted by molar-refractivity contribution is -0.117. The Morgan fingerprint density at radius 3 is 2.82 bits per heavy atom. The van der Waals surface area contributed by atoms with E-state index in [0.717, 1.165) is 42.1 Å². The molecule has 28 heavy (non-hydrogen) atoms. The van der Waals surface area contributed by atoms with Gasteiger partial charge in [0, 0.05) is 30.2 Å². The van der Waals surface area contributed by atoms with Crippen molar-refractivity contribution in [1.82, 2.24) is 9.88 Å². The number of nitriles is 1. The summed E-state index contributed by atoms with van der Waals surface area (Å²) < 4.78 is 7.70. The quantitative estimate of drug-likeness (QED) is 0.634. The molecule has 5 heteroatoms. The monoisotopic (exact) mass is 377 g/mol. The first-order chi connectivity index (χ1) is 13.4. The highest BCUT2D eigenvalue weighted by Gasteiger charge is 2.18. The molecule has 0 spiro atoms. The number of rotatable bonds is 5. The van der Waals surface area contributed by atoms with Crippen molar-refractivity contribution in [1.29, 1.82) is 5.26 Å². The standard InChI is InChI=1S/C23H27N3O2/c1-15-7-5-9-22(17(15)3)26-16(2)11-19(18(26)4)12-20(13-24)23(27)25-14-21-8-6-10-28-21/h5,7,9,11-12,21H,6,8,10,14H2,1-4H3,(H,25,27)/b20-12+/t21-/m0/s1. The van der Waals surface area contributed by atoms with Gasteiger partial charge in [-0.25, -0.2) is 0 Å². The van der Waals surface area contributed by atoms with E-state index in [9.17, 15) is 10.1 Å². The lowest BCUT2D eigenvalue weighted by atomic mass is 10.1. The Balaban J connectivity index is 1.87. The predicted molar refractivity (Wildman–Crippen MR) is 110 cm³/mol. The molecule has 1 saturated heterocycles. The summed E-state index contributed by atoms with van der Waals surface area (Å²) in [7, 11) is 0. The molecule has 1 aromatic carbocycles. The van der Waals surface area contributed by atoms with Crippen LogP contribution in [0.4, 0.5) is 0 Å². The van der Waals surface area contributed by atoms with E-state index < -0.39 is 0 Å². The fourth-order valence-electron chi connectivity index (χ4n) is 3.69. The third-order valence-corrected chi connectivity index (χ3v) is 5.47. The van der Waals surface area contributed by atoms with Crippen LogP contribution in [0, 0.1) is 39.0 Å². The maximum Gasteiger partial charge on any atom is 0.262 e. The second-order valence-electron chi connectivity index (χ2n) is 7.40. The van der Waals surface area contributed by atoms with Gasteiger partial charge in [-0.15, -0.1) is 0 Å². The number of carbonyl (C=O) groups is 1. The van der Waals surface area contributed by atoms with Crippen LogP contribution >= 0.6 is 0 Å². The summed E-state index contributed by atoms with van der Waals surface area (Å²) in [6.07, 6.45) is 3.70. The van der Waals surface area contributed by atoms with Gasteiger partial charge < -0.3 is 14.6 Å². The van der Waals surface area contributed by atoms with Gasteiger partial charge in [0.05, 0.1) is 6.10 Å². The van der Waals surface area contributed by atoms with E-state index in [2.05, 4.69) is 35.9 Å². The number of hydrogen-bond acceptors (Lipinski definition) is 3. The van der Waals surface area contributed by atoms with Gasteiger partial charge in [0.2, 0.25) is 0 Å². The zero-order chi connectivity index (χ0) is 20.3. The van der Waals surface area contributed by atoms with Gasteiger partial charge in [-0.3, -0.25) is 4.79 Å². The number of aromatic nitrogens is 1. The molecule has 0 radical (unpaired) electrons. The minimum absolute atomic E-state index is 0.0539. The molecule has 5 nitrogen and oxygen atoms in total. The number of nitrogens with one attached hydrogen (secondary N) is 1. The van der Waals surface area contributed by atoms with Crippen LogP contribution in [0.5, 0.6) is 0 Å². The second-order valence-corrected chi connectivity index (χ2v) is 7.40. The Morgan fingerprint density at radius 2 is 2.14 bits per heavy atom. The Hall–Kier alpha value is -2.84. The molecule has 1 amide bonds.